The fourth-order valence-corrected chi connectivity index (χ4v) is 1.56. The maximum Gasteiger partial charge on any atom is 0.244 e. The standard InChI is InChI=1S/C15H18N2O2/c1-15(2,9-10-18)17-14(19)8-7-12-3-5-13(11-16)6-4-12/h3-8,18H,9-10H2,1-2H3,(H,17,19)/b8-7+. The zero-order chi connectivity index (χ0) is 14.3. The lowest BCUT2D eigenvalue weighted by Crippen LogP contribution is -2.43. The summed E-state index contributed by atoms with van der Waals surface area (Å²) in [5, 5.41) is 20.4. The van der Waals surface area contributed by atoms with Crippen molar-refractivity contribution in [3.8, 4) is 6.07 Å². The van der Waals surface area contributed by atoms with Crippen molar-refractivity contribution >= 4 is 12.0 Å². The molecular weight excluding hydrogens is 240 g/mol. The van der Waals surface area contributed by atoms with E-state index in [1.807, 2.05) is 19.9 Å². The van der Waals surface area contributed by atoms with Gasteiger partial charge in [-0.15, -0.1) is 0 Å². The predicted molar refractivity (Wildman–Crippen MR) is 74.1 cm³/mol. The number of nitrogens with zero attached hydrogens (tertiary/aromatic N) is 1. The monoisotopic (exact) mass is 258 g/mol. The summed E-state index contributed by atoms with van der Waals surface area (Å²) in [5.41, 5.74) is 1.01. The van der Waals surface area contributed by atoms with Gasteiger partial charge in [0.1, 0.15) is 0 Å². The normalized spacial score (nSPS) is 11.3. The maximum atomic E-state index is 11.7. The van der Waals surface area contributed by atoms with Gasteiger partial charge in [-0.3, -0.25) is 4.79 Å². The van der Waals surface area contributed by atoms with Gasteiger partial charge in [0.15, 0.2) is 0 Å². The second-order valence-electron chi connectivity index (χ2n) is 4.91. The number of amides is 1. The summed E-state index contributed by atoms with van der Waals surface area (Å²) in [5.74, 6) is -0.206. The molecule has 0 aliphatic rings. The van der Waals surface area contributed by atoms with Gasteiger partial charge in [-0.05, 0) is 44.0 Å². The minimum Gasteiger partial charge on any atom is -0.396 e. The van der Waals surface area contributed by atoms with Crippen LogP contribution >= 0.6 is 0 Å². The Morgan fingerprint density at radius 1 is 1.42 bits per heavy atom. The third kappa shape index (κ3) is 5.36. The summed E-state index contributed by atoms with van der Waals surface area (Å²) in [6, 6.07) is 9.00. The fourth-order valence-electron chi connectivity index (χ4n) is 1.56. The first kappa shape index (κ1) is 14.9. The van der Waals surface area contributed by atoms with Crippen LogP contribution in [0.5, 0.6) is 0 Å². The lowest BCUT2D eigenvalue weighted by molar-refractivity contribution is -0.118. The number of aliphatic hydroxyl groups is 1. The third-order valence-electron chi connectivity index (χ3n) is 2.67. The summed E-state index contributed by atoms with van der Waals surface area (Å²) < 4.78 is 0. The highest BCUT2D eigenvalue weighted by atomic mass is 16.3. The lowest BCUT2D eigenvalue weighted by Gasteiger charge is -2.24. The SMILES string of the molecule is CC(C)(CCO)NC(=O)/C=C/c1ccc(C#N)cc1. The van der Waals surface area contributed by atoms with Crippen LogP contribution in [0.3, 0.4) is 0 Å². The van der Waals surface area contributed by atoms with Crippen molar-refractivity contribution in [3.05, 3.63) is 41.5 Å². The molecular formula is C15H18N2O2. The Balaban J connectivity index is 2.61. The van der Waals surface area contributed by atoms with Gasteiger partial charge in [-0.1, -0.05) is 12.1 Å². The number of carbonyl (C=O) groups is 1. The summed E-state index contributed by atoms with van der Waals surface area (Å²) in [4.78, 5) is 11.7. The number of benzene rings is 1. The van der Waals surface area contributed by atoms with E-state index in [1.165, 1.54) is 6.08 Å². The van der Waals surface area contributed by atoms with Crippen LogP contribution in [0.1, 0.15) is 31.4 Å². The molecule has 19 heavy (non-hydrogen) atoms. The van der Waals surface area contributed by atoms with E-state index < -0.39 is 5.54 Å². The van der Waals surface area contributed by atoms with Crippen molar-refractivity contribution in [1.29, 1.82) is 5.26 Å². The Kier molecular flexibility index (Phi) is 5.28. The van der Waals surface area contributed by atoms with Crippen molar-refractivity contribution in [2.75, 3.05) is 6.61 Å². The number of nitrogens with one attached hydrogen (secondary N) is 1. The molecule has 1 amide bonds. The topological polar surface area (TPSA) is 73.1 Å². The molecule has 100 valence electrons. The van der Waals surface area contributed by atoms with Gasteiger partial charge < -0.3 is 10.4 Å². The van der Waals surface area contributed by atoms with E-state index in [-0.39, 0.29) is 12.5 Å². The van der Waals surface area contributed by atoms with Gasteiger partial charge in [0, 0.05) is 18.2 Å². The van der Waals surface area contributed by atoms with Gasteiger partial charge in [0.05, 0.1) is 11.6 Å². The molecule has 4 heteroatoms. The van der Waals surface area contributed by atoms with Gasteiger partial charge >= 0.3 is 0 Å². The molecule has 1 aromatic rings. The fraction of sp³-hybridized carbons (Fsp3) is 0.333. The number of rotatable bonds is 5. The number of nitriles is 1. The highest BCUT2D eigenvalue weighted by Gasteiger charge is 2.17. The molecule has 4 nitrogen and oxygen atoms in total. The summed E-state index contributed by atoms with van der Waals surface area (Å²) in [6.07, 6.45) is 3.63. The highest BCUT2D eigenvalue weighted by Crippen LogP contribution is 2.08. The second-order valence-corrected chi connectivity index (χ2v) is 4.91. The van der Waals surface area contributed by atoms with Crippen LogP contribution in [-0.2, 0) is 4.79 Å². The van der Waals surface area contributed by atoms with Crippen molar-refractivity contribution in [2.45, 2.75) is 25.8 Å². The molecule has 0 aliphatic carbocycles. The molecule has 0 unspecified atom stereocenters. The van der Waals surface area contributed by atoms with Crippen LogP contribution in [0, 0.1) is 11.3 Å². The van der Waals surface area contributed by atoms with Crippen molar-refractivity contribution in [3.63, 3.8) is 0 Å². The lowest BCUT2D eigenvalue weighted by atomic mass is 10.0. The first-order valence-corrected chi connectivity index (χ1v) is 6.08. The van der Waals surface area contributed by atoms with Crippen molar-refractivity contribution in [2.24, 2.45) is 0 Å². The first-order valence-electron chi connectivity index (χ1n) is 6.08. The average Bonchev–Trinajstić information content (AvgIpc) is 2.36. The molecule has 0 saturated carbocycles. The minimum absolute atomic E-state index is 0.0343. The molecule has 0 radical (unpaired) electrons. The quantitative estimate of drug-likeness (QED) is 0.792. The van der Waals surface area contributed by atoms with Crippen LogP contribution in [0.4, 0.5) is 0 Å². The molecule has 0 aromatic heterocycles. The minimum atomic E-state index is -0.430. The Bertz CT molecular complexity index is 496. The molecule has 0 saturated heterocycles. The summed E-state index contributed by atoms with van der Waals surface area (Å²) in [6.45, 7) is 3.75. The molecule has 2 N–H and O–H groups in total. The number of hydrogen-bond acceptors (Lipinski definition) is 3. The van der Waals surface area contributed by atoms with Gasteiger partial charge in [-0.2, -0.15) is 5.26 Å². The second kappa shape index (κ2) is 6.72. The van der Waals surface area contributed by atoms with E-state index in [9.17, 15) is 4.79 Å². The van der Waals surface area contributed by atoms with Crippen molar-refractivity contribution in [1.82, 2.24) is 5.32 Å². The van der Waals surface area contributed by atoms with Crippen molar-refractivity contribution < 1.29 is 9.90 Å². The smallest absolute Gasteiger partial charge is 0.244 e. The van der Waals surface area contributed by atoms with Crippen LogP contribution in [-0.4, -0.2) is 23.2 Å². The molecule has 0 spiro atoms. The molecule has 0 bridgehead atoms. The largest absolute Gasteiger partial charge is 0.396 e. The zero-order valence-corrected chi connectivity index (χ0v) is 11.2. The van der Waals surface area contributed by atoms with E-state index in [1.54, 1.807) is 30.3 Å². The summed E-state index contributed by atoms with van der Waals surface area (Å²) in [7, 11) is 0. The molecule has 1 aromatic carbocycles. The van der Waals surface area contributed by atoms with E-state index in [0.29, 0.717) is 12.0 Å². The van der Waals surface area contributed by atoms with Crippen LogP contribution in [0.15, 0.2) is 30.3 Å². The molecule has 1 rings (SSSR count). The molecule has 0 atom stereocenters. The Labute approximate surface area is 113 Å². The first-order chi connectivity index (χ1) is 8.96. The Morgan fingerprint density at radius 3 is 2.58 bits per heavy atom. The Morgan fingerprint density at radius 2 is 2.05 bits per heavy atom. The predicted octanol–water partition coefficient (Wildman–Crippen LogP) is 1.85. The number of carbonyl (C=O) groups excluding carboxylic acids is 1. The molecule has 0 aliphatic heterocycles. The average molecular weight is 258 g/mol. The van der Waals surface area contributed by atoms with Crippen LogP contribution in [0.2, 0.25) is 0 Å². The molecule has 0 fully saturated rings. The third-order valence-corrected chi connectivity index (χ3v) is 2.67. The van der Waals surface area contributed by atoms with E-state index in [0.717, 1.165) is 5.56 Å². The van der Waals surface area contributed by atoms with Gasteiger partial charge in [0.2, 0.25) is 5.91 Å². The van der Waals surface area contributed by atoms with E-state index in [4.69, 9.17) is 10.4 Å². The number of aliphatic hydroxyl groups excluding tert-OH is 1. The van der Waals surface area contributed by atoms with Gasteiger partial charge in [0.25, 0.3) is 0 Å². The van der Waals surface area contributed by atoms with Crippen LogP contribution in [0.25, 0.3) is 6.08 Å². The van der Waals surface area contributed by atoms with E-state index >= 15 is 0 Å². The summed E-state index contributed by atoms with van der Waals surface area (Å²) >= 11 is 0. The number of hydrogen-bond donors (Lipinski definition) is 2. The van der Waals surface area contributed by atoms with E-state index in [2.05, 4.69) is 5.32 Å². The highest BCUT2D eigenvalue weighted by molar-refractivity contribution is 5.92. The zero-order valence-electron chi connectivity index (χ0n) is 11.2. The maximum absolute atomic E-state index is 11.7. The van der Waals surface area contributed by atoms with Gasteiger partial charge in [-0.25, -0.2) is 0 Å². The molecule has 0 heterocycles. The Hall–Kier alpha value is -2.12. The van der Waals surface area contributed by atoms with Crippen LogP contribution < -0.4 is 5.32 Å².